The van der Waals surface area contributed by atoms with Crippen LogP contribution in [-0.2, 0) is 17.8 Å². The minimum Gasteiger partial charge on any atom is -0.490 e. The lowest BCUT2D eigenvalue weighted by molar-refractivity contribution is -0.116. The molecule has 0 saturated carbocycles. The molecule has 5 nitrogen and oxygen atoms in total. The molecule has 9 heteroatoms. The lowest BCUT2D eigenvalue weighted by atomic mass is 10.1. The molecule has 2 N–H and O–H groups in total. The van der Waals surface area contributed by atoms with Crippen molar-refractivity contribution in [2.75, 3.05) is 11.9 Å². The zero-order valence-corrected chi connectivity index (χ0v) is 24.2. The summed E-state index contributed by atoms with van der Waals surface area (Å²) in [4.78, 5) is 13.3. The molecule has 1 atom stereocenters. The van der Waals surface area contributed by atoms with Crippen molar-refractivity contribution in [3.8, 4) is 11.5 Å². The Morgan fingerprint density at radius 1 is 1.03 bits per heavy atom. The van der Waals surface area contributed by atoms with Gasteiger partial charge in [0.25, 0.3) is 5.91 Å². The van der Waals surface area contributed by atoms with Crippen LogP contribution < -0.4 is 20.1 Å². The van der Waals surface area contributed by atoms with E-state index < -0.39 is 0 Å². The molecule has 188 valence electrons. The summed E-state index contributed by atoms with van der Waals surface area (Å²) in [5, 5.41) is 7.32. The fourth-order valence-corrected chi connectivity index (χ4v) is 5.65. The van der Waals surface area contributed by atoms with Crippen LogP contribution in [0, 0.1) is 3.57 Å². The van der Waals surface area contributed by atoms with Crippen LogP contribution in [0.3, 0.4) is 0 Å². The maximum Gasteiger partial charge on any atom is 0.260 e. The molecular weight excluding hydrogens is 630 g/mol. The molecule has 0 bridgehead atoms. The van der Waals surface area contributed by atoms with Gasteiger partial charge in [-0.3, -0.25) is 4.79 Å². The summed E-state index contributed by atoms with van der Waals surface area (Å²) in [6.07, 6.45) is 2.86. The number of hydrogen-bond donors (Lipinski definition) is 2. The van der Waals surface area contributed by atoms with Crippen LogP contribution in [0.1, 0.15) is 30.5 Å². The number of hydrogen-bond acceptors (Lipinski definition) is 5. The van der Waals surface area contributed by atoms with Gasteiger partial charge in [0, 0.05) is 5.69 Å². The van der Waals surface area contributed by atoms with E-state index >= 15 is 0 Å². The third-order valence-corrected chi connectivity index (χ3v) is 7.96. The number of nitrogens with one attached hydrogen (secondary N) is 2. The Balaban J connectivity index is 1.49. The monoisotopic (exact) mass is 654 g/mol. The van der Waals surface area contributed by atoms with Gasteiger partial charge < -0.3 is 20.1 Å². The second-order valence-electron chi connectivity index (χ2n) is 7.97. The molecule has 0 aliphatic carbocycles. The highest BCUT2D eigenvalue weighted by Crippen LogP contribution is 2.37. The number of benzene rings is 3. The van der Waals surface area contributed by atoms with Crippen molar-refractivity contribution in [2.24, 2.45) is 0 Å². The Labute approximate surface area is 239 Å². The summed E-state index contributed by atoms with van der Waals surface area (Å²) in [6.45, 7) is 4.85. The van der Waals surface area contributed by atoms with Crippen LogP contribution in [0.5, 0.6) is 11.5 Å². The highest BCUT2D eigenvalue weighted by molar-refractivity contribution is 14.1. The molecule has 1 saturated heterocycles. The predicted octanol–water partition coefficient (Wildman–Crippen LogP) is 7.74. The van der Waals surface area contributed by atoms with E-state index in [0.29, 0.717) is 39.7 Å². The highest BCUT2D eigenvalue weighted by Gasteiger charge is 2.27. The molecule has 3 aromatic rings. The van der Waals surface area contributed by atoms with Gasteiger partial charge >= 0.3 is 0 Å². The second kappa shape index (κ2) is 12.4. The molecular formula is C27H25Cl2IN2O3S. The Bertz CT molecular complexity index is 1280. The fraction of sp³-hybridized carbons (Fsp3) is 0.222. The summed E-state index contributed by atoms with van der Waals surface area (Å²) >= 11 is 15.8. The minimum absolute atomic E-state index is 0.115. The summed E-state index contributed by atoms with van der Waals surface area (Å²) < 4.78 is 12.8. The summed E-state index contributed by atoms with van der Waals surface area (Å²) in [5.74, 6) is 1.14. The van der Waals surface area contributed by atoms with Crippen molar-refractivity contribution >= 4 is 75.2 Å². The Hall–Kier alpha value is -2.07. The van der Waals surface area contributed by atoms with Crippen molar-refractivity contribution in [1.82, 2.24) is 5.32 Å². The average Bonchev–Trinajstić information content (AvgIpc) is 3.19. The molecule has 1 heterocycles. The number of anilines is 1. The first kappa shape index (κ1) is 27.0. The third kappa shape index (κ3) is 6.82. The fourth-order valence-electron chi connectivity index (χ4n) is 3.56. The number of amides is 1. The standard InChI is InChI=1S/C27H25Cl2IN2O3S/c1-3-16-5-8-19(9-6-16)31-27-32-26(33)24(36-27)14-18-12-22(30)25(23(13-18)34-4-2)35-15-17-7-10-20(28)21(29)11-17/h5-14,27,31H,3-4,15H2,1-2H3,(H,32,33)/b24-14-/t27-/m1/s1. The van der Waals surface area contributed by atoms with Gasteiger partial charge in [-0.1, -0.05) is 60.1 Å². The SMILES string of the molecule is CCOc1cc(/C=C2\S[C@H](Nc3ccc(CC)cc3)NC2=O)cc(I)c1OCc1ccc(Cl)c(Cl)c1. The molecule has 0 radical (unpaired) electrons. The first-order valence-electron chi connectivity index (χ1n) is 11.4. The topological polar surface area (TPSA) is 59.6 Å². The van der Waals surface area contributed by atoms with E-state index in [-0.39, 0.29) is 11.4 Å². The maximum atomic E-state index is 12.6. The van der Waals surface area contributed by atoms with E-state index in [1.807, 2.05) is 43.3 Å². The van der Waals surface area contributed by atoms with Gasteiger partial charge in [-0.05, 0) is 95.1 Å². The van der Waals surface area contributed by atoms with Gasteiger partial charge in [0.1, 0.15) is 6.61 Å². The third-order valence-electron chi connectivity index (χ3n) is 5.39. The van der Waals surface area contributed by atoms with Gasteiger partial charge in [0.05, 0.1) is 25.1 Å². The van der Waals surface area contributed by atoms with Gasteiger partial charge in [0.2, 0.25) is 0 Å². The van der Waals surface area contributed by atoms with E-state index in [1.165, 1.54) is 17.3 Å². The Morgan fingerprint density at radius 3 is 2.47 bits per heavy atom. The Kier molecular flexibility index (Phi) is 9.33. The van der Waals surface area contributed by atoms with Crippen LogP contribution in [0.2, 0.25) is 10.0 Å². The zero-order valence-electron chi connectivity index (χ0n) is 19.7. The van der Waals surface area contributed by atoms with Crippen LogP contribution >= 0.6 is 57.6 Å². The number of thioether (sulfide) groups is 1. The largest absolute Gasteiger partial charge is 0.490 e. The molecule has 0 unspecified atom stereocenters. The van der Waals surface area contributed by atoms with Gasteiger partial charge in [0.15, 0.2) is 17.0 Å². The number of rotatable bonds is 9. The lowest BCUT2D eigenvalue weighted by Crippen LogP contribution is -2.30. The Morgan fingerprint density at radius 2 is 1.78 bits per heavy atom. The normalized spacial score (nSPS) is 16.2. The number of halogens is 3. The van der Waals surface area contributed by atoms with Crippen molar-refractivity contribution in [3.05, 3.63) is 89.8 Å². The van der Waals surface area contributed by atoms with Crippen molar-refractivity contribution < 1.29 is 14.3 Å². The second-order valence-corrected chi connectivity index (χ2v) is 11.1. The quantitative estimate of drug-likeness (QED) is 0.183. The lowest BCUT2D eigenvalue weighted by Gasteiger charge is -2.15. The average molecular weight is 655 g/mol. The van der Waals surface area contributed by atoms with Crippen LogP contribution in [0.15, 0.2) is 59.5 Å². The van der Waals surface area contributed by atoms with Gasteiger partial charge in [-0.2, -0.15) is 0 Å². The van der Waals surface area contributed by atoms with Crippen molar-refractivity contribution in [1.29, 1.82) is 0 Å². The molecule has 3 aromatic carbocycles. The predicted molar refractivity (Wildman–Crippen MR) is 158 cm³/mol. The first-order chi connectivity index (χ1) is 17.4. The summed E-state index contributed by atoms with van der Waals surface area (Å²) in [6, 6.07) is 17.5. The number of aryl methyl sites for hydroxylation is 1. The number of carbonyl (C=O) groups is 1. The molecule has 1 aliphatic rings. The van der Waals surface area contributed by atoms with Crippen LogP contribution in [0.25, 0.3) is 6.08 Å². The van der Waals surface area contributed by atoms with E-state index in [9.17, 15) is 4.79 Å². The van der Waals surface area contributed by atoms with Crippen molar-refractivity contribution in [2.45, 2.75) is 32.4 Å². The number of carbonyl (C=O) groups excluding carboxylic acids is 1. The molecule has 1 fully saturated rings. The molecule has 0 spiro atoms. The van der Waals surface area contributed by atoms with Crippen LogP contribution in [-0.4, -0.2) is 18.0 Å². The van der Waals surface area contributed by atoms with E-state index in [0.717, 1.165) is 26.8 Å². The molecule has 4 rings (SSSR count). The maximum absolute atomic E-state index is 12.6. The highest BCUT2D eigenvalue weighted by atomic mass is 127. The van der Waals surface area contributed by atoms with Crippen LogP contribution in [0.4, 0.5) is 5.69 Å². The molecule has 1 amide bonds. The smallest absolute Gasteiger partial charge is 0.260 e. The van der Waals surface area contributed by atoms with Gasteiger partial charge in [-0.25, -0.2) is 0 Å². The summed E-state index contributed by atoms with van der Waals surface area (Å²) in [7, 11) is 0. The zero-order chi connectivity index (χ0) is 25.7. The van der Waals surface area contributed by atoms with Gasteiger partial charge in [-0.15, -0.1) is 0 Å². The number of ether oxygens (including phenoxy) is 2. The molecule has 0 aromatic heterocycles. The van der Waals surface area contributed by atoms with E-state index in [2.05, 4.69) is 52.3 Å². The minimum atomic E-state index is -0.240. The molecule has 1 aliphatic heterocycles. The molecule has 36 heavy (non-hydrogen) atoms. The van der Waals surface area contributed by atoms with Crippen molar-refractivity contribution in [3.63, 3.8) is 0 Å². The first-order valence-corrected chi connectivity index (χ1v) is 14.2. The van der Waals surface area contributed by atoms with E-state index in [1.54, 1.807) is 12.1 Å². The van der Waals surface area contributed by atoms with E-state index in [4.69, 9.17) is 32.7 Å². The summed E-state index contributed by atoms with van der Waals surface area (Å²) in [5.41, 5.74) is 3.75.